The Morgan fingerprint density at radius 2 is 1.95 bits per heavy atom. The average molecular weight is 305 g/mol. The first-order valence-corrected chi connectivity index (χ1v) is 8.03. The molecule has 2 amide bonds. The fourth-order valence-electron chi connectivity index (χ4n) is 2.39. The van der Waals surface area contributed by atoms with Gasteiger partial charge in [-0.25, -0.2) is 4.79 Å². The number of hydrogen-bond acceptors (Lipinski definition) is 5. The second-order valence-corrected chi connectivity index (χ2v) is 6.11. The van der Waals surface area contributed by atoms with E-state index in [4.69, 9.17) is 0 Å². The van der Waals surface area contributed by atoms with Crippen molar-refractivity contribution in [3.63, 3.8) is 0 Å². The molecule has 6 nitrogen and oxygen atoms in total. The second kappa shape index (κ2) is 6.44. The maximum absolute atomic E-state index is 12.2. The predicted molar refractivity (Wildman–Crippen MR) is 84.6 cm³/mol. The van der Waals surface area contributed by atoms with Crippen LogP contribution in [-0.4, -0.2) is 54.8 Å². The van der Waals surface area contributed by atoms with E-state index in [2.05, 4.69) is 26.9 Å². The van der Waals surface area contributed by atoms with Crippen molar-refractivity contribution in [1.29, 1.82) is 0 Å². The van der Waals surface area contributed by atoms with Crippen LogP contribution >= 0.6 is 11.9 Å². The van der Waals surface area contributed by atoms with E-state index < -0.39 is 0 Å². The molecule has 2 heterocycles. The molecular formula is C14H19N5OS. The molecule has 0 radical (unpaired) electrons. The summed E-state index contributed by atoms with van der Waals surface area (Å²) in [7, 11) is 2.08. The minimum absolute atomic E-state index is 0.0213. The van der Waals surface area contributed by atoms with E-state index in [0.717, 1.165) is 43.2 Å². The summed E-state index contributed by atoms with van der Waals surface area (Å²) < 4.78 is 3.94. The van der Waals surface area contributed by atoms with Gasteiger partial charge in [0, 0.05) is 37.6 Å². The van der Waals surface area contributed by atoms with Crippen LogP contribution in [0.2, 0.25) is 0 Å². The predicted octanol–water partition coefficient (Wildman–Crippen LogP) is 2.62. The minimum atomic E-state index is -0.0213. The van der Waals surface area contributed by atoms with E-state index in [1.165, 1.54) is 11.9 Å². The molecule has 1 fully saturated rings. The number of carbonyl (C=O) groups is 1. The van der Waals surface area contributed by atoms with Gasteiger partial charge in [-0.3, -0.25) is 0 Å². The summed E-state index contributed by atoms with van der Waals surface area (Å²) in [5.41, 5.74) is 1.96. The molecule has 1 aromatic carbocycles. The van der Waals surface area contributed by atoms with Gasteiger partial charge in [0.25, 0.3) is 0 Å². The molecule has 1 unspecified atom stereocenters. The Balaban J connectivity index is 1.57. The first-order valence-electron chi connectivity index (χ1n) is 7.09. The van der Waals surface area contributed by atoms with Crippen LogP contribution in [0.25, 0.3) is 0 Å². The summed E-state index contributed by atoms with van der Waals surface area (Å²) in [5, 5.41) is 7.12. The van der Waals surface area contributed by atoms with Gasteiger partial charge in [-0.05, 0) is 36.7 Å². The Bertz CT molecular complexity index is 525. The van der Waals surface area contributed by atoms with Gasteiger partial charge in [-0.1, -0.05) is 12.1 Å². The molecule has 0 bridgehead atoms. The highest BCUT2D eigenvalue weighted by Crippen LogP contribution is 2.30. The summed E-state index contributed by atoms with van der Waals surface area (Å²) in [6.45, 7) is 3.41. The van der Waals surface area contributed by atoms with Crippen molar-refractivity contribution in [3.8, 4) is 0 Å². The molecule has 0 saturated carbocycles. The lowest BCUT2D eigenvalue weighted by Gasteiger charge is -2.32. The Kier molecular flexibility index (Phi) is 4.40. The van der Waals surface area contributed by atoms with E-state index in [1.54, 1.807) is 0 Å². The largest absolute Gasteiger partial charge is 0.322 e. The van der Waals surface area contributed by atoms with Crippen molar-refractivity contribution in [1.82, 2.24) is 9.80 Å². The number of nitrogens with one attached hydrogen (secondary N) is 1. The van der Waals surface area contributed by atoms with E-state index in [9.17, 15) is 4.79 Å². The number of amides is 2. The highest BCUT2D eigenvalue weighted by atomic mass is 32.2. The Morgan fingerprint density at radius 1 is 1.24 bits per heavy atom. The van der Waals surface area contributed by atoms with Gasteiger partial charge < -0.3 is 15.1 Å². The zero-order chi connectivity index (χ0) is 14.7. The van der Waals surface area contributed by atoms with Gasteiger partial charge >= 0.3 is 6.03 Å². The summed E-state index contributed by atoms with van der Waals surface area (Å²) in [6.07, 6.45) is 0. The van der Waals surface area contributed by atoms with Gasteiger partial charge in [-0.2, -0.15) is 5.11 Å². The molecule has 2 aliphatic heterocycles. The number of nitrogens with zero attached hydrogens (tertiary/aromatic N) is 4. The van der Waals surface area contributed by atoms with Crippen molar-refractivity contribution in [2.75, 3.05) is 44.3 Å². The van der Waals surface area contributed by atoms with Gasteiger partial charge in [-0.15, -0.1) is 4.52 Å². The van der Waals surface area contributed by atoms with E-state index in [1.807, 2.05) is 29.2 Å². The third kappa shape index (κ3) is 3.54. The third-order valence-corrected chi connectivity index (χ3v) is 4.49. The van der Waals surface area contributed by atoms with Crippen molar-refractivity contribution < 1.29 is 4.79 Å². The van der Waals surface area contributed by atoms with E-state index in [-0.39, 0.29) is 12.1 Å². The molecule has 3 rings (SSSR count). The van der Waals surface area contributed by atoms with Gasteiger partial charge in [0.05, 0.1) is 0 Å². The van der Waals surface area contributed by atoms with E-state index in [0.29, 0.717) is 0 Å². The molecule has 21 heavy (non-hydrogen) atoms. The number of urea groups is 1. The maximum Gasteiger partial charge on any atom is 0.321 e. The number of likely N-dealkylation sites (N-methyl/N-ethyl adjacent to an activating group) is 1. The molecule has 1 N–H and O–H groups in total. The number of anilines is 1. The minimum Gasteiger partial charge on any atom is -0.322 e. The molecule has 7 heteroatoms. The van der Waals surface area contributed by atoms with Gasteiger partial charge in [0.1, 0.15) is 6.04 Å². The fraction of sp³-hybridized carbons (Fsp3) is 0.500. The average Bonchev–Trinajstić information content (AvgIpc) is 3.03. The quantitative estimate of drug-likeness (QED) is 0.854. The van der Waals surface area contributed by atoms with Crippen LogP contribution in [0.1, 0.15) is 11.6 Å². The molecule has 112 valence electrons. The zero-order valence-corrected chi connectivity index (χ0v) is 12.8. The van der Waals surface area contributed by atoms with Crippen LogP contribution in [0.5, 0.6) is 0 Å². The molecule has 1 atom stereocenters. The van der Waals surface area contributed by atoms with Crippen LogP contribution in [0, 0.1) is 0 Å². The molecule has 1 saturated heterocycles. The normalized spacial score (nSPS) is 22.5. The van der Waals surface area contributed by atoms with Crippen molar-refractivity contribution in [2.45, 2.75) is 6.04 Å². The highest BCUT2D eigenvalue weighted by Gasteiger charge is 2.19. The van der Waals surface area contributed by atoms with Crippen LogP contribution in [0.15, 0.2) is 33.9 Å². The molecule has 0 spiro atoms. The number of hydrogen-bond donors (Lipinski definition) is 1. The Hall–Kier alpha value is -1.60. The second-order valence-electron chi connectivity index (χ2n) is 5.35. The molecule has 0 aliphatic carbocycles. The molecular weight excluding hydrogens is 286 g/mol. The topological polar surface area (TPSA) is 60.3 Å². The molecule has 1 aromatic rings. The van der Waals surface area contributed by atoms with Crippen LogP contribution < -0.4 is 5.32 Å². The summed E-state index contributed by atoms with van der Waals surface area (Å²) in [4.78, 5) is 16.3. The first kappa shape index (κ1) is 14.3. The van der Waals surface area contributed by atoms with Crippen LogP contribution in [-0.2, 0) is 0 Å². The smallest absolute Gasteiger partial charge is 0.321 e. The number of piperazine rings is 1. The summed E-state index contributed by atoms with van der Waals surface area (Å²) in [6, 6.07) is 8.01. The Morgan fingerprint density at radius 3 is 2.57 bits per heavy atom. The van der Waals surface area contributed by atoms with Gasteiger partial charge in [0.2, 0.25) is 0 Å². The van der Waals surface area contributed by atoms with Crippen molar-refractivity contribution >= 4 is 23.7 Å². The zero-order valence-electron chi connectivity index (χ0n) is 12.0. The monoisotopic (exact) mass is 305 g/mol. The van der Waals surface area contributed by atoms with Crippen molar-refractivity contribution in [3.05, 3.63) is 29.8 Å². The lowest BCUT2D eigenvalue weighted by molar-refractivity contribution is 0.164. The van der Waals surface area contributed by atoms with E-state index >= 15 is 0 Å². The fourth-order valence-corrected chi connectivity index (χ4v) is 3.04. The lowest BCUT2D eigenvalue weighted by atomic mass is 10.1. The first-order chi connectivity index (χ1) is 10.2. The summed E-state index contributed by atoms with van der Waals surface area (Å²) in [5.74, 6) is 0.896. The van der Waals surface area contributed by atoms with Gasteiger partial charge in [0.15, 0.2) is 0 Å². The van der Waals surface area contributed by atoms with Crippen LogP contribution in [0.3, 0.4) is 0 Å². The third-order valence-electron chi connectivity index (χ3n) is 3.81. The standard InChI is InChI=1S/C14H19N5OS/c1-18-6-8-19(9-7-18)14(20)15-12-4-2-11(3-5-12)13-10-21-17-16-13/h2-5,13H,6-10H2,1H3,(H,15,20). The number of carbonyl (C=O) groups excluding carboxylic acids is 1. The number of rotatable bonds is 2. The Labute approximate surface area is 128 Å². The SMILES string of the molecule is CN1CCN(C(=O)Nc2ccc(C3CSN=N3)cc2)CC1. The highest BCUT2D eigenvalue weighted by molar-refractivity contribution is 7.98. The lowest BCUT2D eigenvalue weighted by Crippen LogP contribution is -2.48. The van der Waals surface area contributed by atoms with Crippen molar-refractivity contribution in [2.24, 2.45) is 9.63 Å². The molecule has 0 aromatic heterocycles. The maximum atomic E-state index is 12.2. The summed E-state index contributed by atoms with van der Waals surface area (Å²) >= 11 is 1.49. The molecule has 2 aliphatic rings. The van der Waals surface area contributed by atoms with Crippen LogP contribution in [0.4, 0.5) is 10.5 Å². The number of benzene rings is 1.